The van der Waals surface area contributed by atoms with Crippen molar-refractivity contribution in [3.8, 4) is 0 Å². The van der Waals surface area contributed by atoms with Crippen molar-refractivity contribution in [2.45, 2.75) is 32.7 Å². The third-order valence-electron chi connectivity index (χ3n) is 3.53. The van der Waals surface area contributed by atoms with E-state index in [0.717, 1.165) is 19.4 Å². The highest BCUT2D eigenvalue weighted by Gasteiger charge is 2.14. The third kappa shape index (κ3) is 3.82. The van der Waals surface area contributed by atoms with Crippen LogP contribution in [-0.2, 0) is 19.9 Å². The Balaban J connectivity index is 2.20. The molecule has 108 valence electrons. The van der Waals surface area contributed by atoms with Crippen LogP contribution >= 0.6 is 22.6 Å². The lowest BCUT2D eigenvalue weighted by Gasteiger charge is -2.18. The number of likely N-dealkylation sites (N-methyl/N-ethyl adjacent to an activating group) is 1. The molecule has 1 aromatic heterocycles. The van der Waals surface area contributed by atoms with E-state index in [-0.39, 0.29) is 0 Å². The quantitative estimate of drug-likeness (QED) is 0.775. The molecule has 0 spiro atoms. The fourth-order valence-corrected chi connectivity index (χ4v) is 2.75. The summed E-state index contributed by atoms with van der Waals surface area (Å²) in [6.45, 7) is 5.27. The summed E-state index contributed by atoms with van der Waals surface area (Å²) in [5.41, 5.74) is 3.79. The molecule has 0 aliphatic rings. The maximum Gasteiger partial charge on any atom is 0.0624 e. The van der Waals surface area contributed by atoms with Gasteiger partial charge < -0.3 is 5.32 Å². The summed E-state index contributed by atoms with van der Waals surface area (Å²) in [5.74, 6) is 0. The van der Waals surface area contributed by atoms with E-state index in [1.165, 1.54) is 20.5 Å². The van der Waals surface area contributed by atoms with Crippen molar-refractivity contribution in [2.75, 3.05) is 6.54 Å². The highest BCUT2D eigenvalue weighted by molar-refractivity contribution is 14.1. The van der Waals surface area contributed by atoms with Gasteiger partial charge in [-0.1, -0.05) is 26.0 Å². The molecule has 1 aromatic carbocycles. The Labute approximate surface area is 134 Å². The molecule has 0 bridgehead atoms. The van der Waals surface area contributed by atoms with E-state index >= 15 is 0 Å². The van der Waals surface area contributed by atoms with Crippen molar-refractivity contribution in [3.63, 3.8) is 0 Å². The number of nitrogens with one attached hydrogen (secondary N) is 1. The Bertz CT molecular complexity index is 545. The molecule has 0 amide bonds. The Hall–Kier alpha value is -0.880. The topological polar surface area (TPSA) is 29.9 Å². The zero-order valence-electron chi connectivity index (χ0n) is 12.4. The second-order valence-corrected chi connectivity index (χ2v) is 6.22. The van der Waals surface area contributed by atoms with Gasteiger partial charge in [0.15, 0.2) is 0 Å². The molecule has 1 N–H and O–H groups in total. The van der Waals surface area contributed by atoms with Gasteiger partial charge in [-0.3, -0.25) is 4.68 Å². The Morgan fingerprint density at radius 3 is 2.50 bits per heavy atom. The van der Waals surface area contributed by atoms with Gasteiger partial charge >= 0.3 is 0 Å². The molecule has 3 nitrogen and oxygen atoms in total. The largest absolute Gasteiger partial charge is 0.310 e. The van der Waals surface area contributed by atoms with Crippen LogP contribution in [0.5, 0.6) is 0 Å². The Kier molecular flexibility index (Phi) is 5.60. The summed E-state index contributed by atoms with van der Waals surface area (Å²) < 4.78 is 3.28. The number of halogens is 1. The first-order valence-electron chi connectivity index (χ1n) is 7.14. The minimum atomic E-state index is 0.345. The van der Waals surface area contributed by atoms with Crippen LogP contribution in [0.4, 0.5) is 0 Å². The molecule has 2 aromatic rings. The lowest BCUT2D eigenvalue weighted by molar-refractivity contribution is 0.528. The van der Waals surface area contributed by atoms with E-state index in [1.807, 2.05) is 11.7 Å². The van der Waals surface area contributed by atoms with Crippen LogP contribution in [0.1, 0.15) is 36.8 Å². The van der Waals surface area contributed by atoms with Crippen molar-refractivity contribution in [2.24, 2.45) is 7.05 Å². The van der Waals surface area contributed by atoms with Crippen LogP contribution in [0.25, 0.3) is 0 Å². The second-order valence-electron chi connectivity index (χ2n) is 4.97. The molecule has 0 radical (unpaired) electrons. The van der Waals surface area contributed by atoms with Crippen LogP contribution in [0.15, 0.2) is 30.3 Å². The molecular formula is C16H22IN3. The van der Waals surface area contributed by atoms with Gasteiger partial charge in [0.1, 0.15) is 0 Å². The zero-order chi connectivity index (χ0) is 14.5. The molecule has 0 saturated heterocycles. The van der Waals surface area contributed by atoms with Gasteiger partial charge in [-0.2, -0.15) is 5.10 Å². The van der Waals surface area contributed by atoms with Crippen molar-refractivity contribution in [1.29, 1.82) is 0 Å². The first-order valence-corrected chi connectivity index (χ1v) is 8.22. The molecule has 0 aliphatic carbocycles. The summed E-state index contributed by atoms with van der Waals surface area (Å²) in [5, 5.41) is 8.12. The number of nitrogens with zero attached hydrogens (tertiary/aromatic N) is 2. The summed E-state index contributed by atoms with van der Waals surface area (Å²) in [7, 11) is 2.03. The standard InChI is InChI=1S/C16H22IN3/c1-4-14-10-15(20(3)19-14)11-16(18-5-2)12-6-8-13(17)9-7-12/h6-10,16,18H,4-5,11H2,1-3H3. The van der Waals surface area contributed by atoms with Crippen LogP contribution in [-0.4, -0.2) is 16.3 Å². The highest BCUT2D eigenvalue weighted by atomic mass is 127. The van der Waals surface area contributed by atoms with E-state index in [2.05, 4.69) is 77.2 Å². The monoisotopic (exact) mass is 383 g/mol. The van der Waals surface area contributed by atoms with E-state index in [4.69, 9.17) is 0 Å². The number of aromatic nitrogens is 2. The molecule has 1 heterocycles. The molecule has 0 aliphatic heterocycles. The number of hydrogen-bond donors (Lipinski definition) is 1. The van der Waals surface area contributed by atoms with Gasteiger partial charge in [-0.05, 0) is 59.3 Å². The smallest absolute Gasteiger partial charge is 0.0624 e. The predicted octanol–water partition coefficient (Wildman–Crippen LogP) is 3.48. The van der Waals surface area contributed by atoms with Crippen molar-refractivity contribution in [3.05, 3.63) is 50.9 Å². The van der Waals surface area contributed by atoms with E-state index in [1.54, 1.807) is 0 Å². The molecule has 2 rings (SSSR count). The fraction of sp³-hybridized carbons (Fsp3) is 0.438. The van der Waals surface area contributed by atoms with Crippen LogP contribution in [0.3, 0.4) is 0 Å². The van der Waals surface area contributed by atoms with Crippen molar-refractivity contribution < 1.29 is 0 Å². The first kappa shape index (κ1) is 15.5. The number of rotatable bonds is 6. The lowest BCUT2D eigenvalue weighted by Crippen LogP contribution is -2.23. The average Bonchev–Trinajstić information content (AvgIpc) is 2.80. The summed E-state index contributed by atoms with van der Waals surface area (Å²) in [6.07, 6.45) is 1.96. The van der Waals surface area contributed by atoms with Gasteiger partial charge in [0, 0.05) is 28.8 Å². The van der Waals surface area contributed by atoms with Gasteiger partial charge in [-0.15, -0.1) is 0 Å². The molecule has 1 atom stereocenters. The molecule has 1 unspecified atom stereocenters. The van der Waals surface area contributed by atoms with Crippen LogP contribution < -0.4 is 5.32 Å². The third-order valence-corrected chi connectivity index (χ3v) is 4.24. The summed E-state index contributed by atoms with van der Waals surface area (Å²) in [4.78, 5) is 0. The van der Waals surface area contributed by atoms with Crippen molar-refractivity contribution in [1.82, 2.24) is 15.1 Å². The minimum absolute atomic E-state index is 0.345. The molecule has 20 heavy (non-hydrogen) atoms. The van der Waals surface area contributed by atoms with Gasteiger partial charge in [0.2, 0.25) is 0 Å². The number of benzene rings is 1. The Morgan fingerprint density at radius 2 is 1.95 bits per heavy atom. The zero-order valence-corrected chi connectivity index (χ0v) is 14.5. The van der Waals surface area contributed by atoms with E-state index in [0.29, 0.717) is 6.04 Å². The van der Waals surface area contributed by atoms with Crippen LogP contribution in [0.2, 0.25) is 0 Å². The molecule has 0 fully saturated rings. The fourth-order valence-electron chi connectivity index (χ4n) is 2.39. The molecule has 4 heteroatoms. The molecule has 0 saturated carbocycles. The summed E-state index contributed by atoms with van der Waals surface area (Å²) >= 11 is 2.34. The van der Waals surface area contributed by atoms with Gasteiger partial charge in [0.25, 0.3) is 0 Å². The number of aryl methyl sites for hydroxylation is 2. The van der Waals surface area contributed by atoms with E-state index in [9.17, 15) is 0 Å². The number of hydrogen-bond acceptors (Lipinski definition) is 2. The highest BCUT2D eigenvalue weighted by Crippen LogP contribution is 2.20. The second kappa shape index (κ2) is 7.22. The predicted molar refractivity (Wildman–Crippen MR) is 91.9 cm³/mol. The Morgan fingerprint density at radius 1 is 1.25 bits per heavy atom. The molecular weight excluding hydrogens is 361 g/mol. The lowest BCUT2D eigenvalue weighted by atomic mass is 10.0. The normalized spacial score (nSPS) is 12.6. The van der Waals surface area contributed by atoms with Crippen LogP contribution in [0, 0.1) is 3.57 Å². The van der Waals surface area contributed by atoms with Gasteiger partial charge in [0.05, 0.1) is 5.69 Å². The SMILES string of the molecule is CCNC(Cc1cc(CC)nn1C)c1ccc(I)cc1. The minimum Gasteiger partial charge on any atom is -0.310 e. The van der Waals surface area contributed by atoms with Crippen molar-refractivity contribution >= 4 is 22.6 Å². The summed E-state index contributed by atoms with van der Waals surface area (Å²) in [6, 6.07) is 11.3. The van der Waals surface area contributed by atoms with Gasteiger partial charge in [-0.25, -0.2) is 0 Å². The maximum absolute atomic E-state index is 4.54. The van der Waals surface area contributed by atoms with E-state index < -0.39 is 0 Å². The maximum atomic E-state index is 4.54. The average molecular weight is 383 g/mol. The first-order chi connectivity index (χ1) is 9.63.